The van der Waals surface area contributed by atoms with E-state index in [1.165, 1.54) is 32.4 Å². The average Bonchev–Trinajstić information content (AvgIpc) is 2.37. The van der Waals surface area contributed by atoms with Crippen molar-refractivity contribution in [1.82, 2.24) is 4.90 Å². The van der Waals surface area contributed by atoms with Crippen LogP contribution in [0.5, 0.6) is 5.75 Å². The number of amides is 3. The number of nitrogens with zero attached hydrogens (tertiary/aromatic N) is 1. The van der Waals surface area contributed by atoms with Gasteiger partial charge in [0.2, 0.25) is 5.91 Å². The Morgan fingerprint density at radius 2 is 2.05 bits per heavy atom. The van der Waals surface area contributed by atoms with E-state index in [9.17, 15) is 14.4 Å². The molecule has 0 aromatic heterocycles. The molecular formula is C12H15N3O5. The normalized spacial score (nSPS) is 9.70. The molecule has 0 unspecified atom stereocenters. The summed E-state index contributed by atoms with van der Waals surface area (Å²) >= 11 is 0. The van der Waals surface area contributed by atoms with E-state index in [1.807, 2.05) is 0 Å². The van der Waals surface area contributed by atoms with Gasteiger partial charge in [-0.1, -0.05) is 0 Å². The fourth-order valence-electron chi connectivity index (χ4n) is 1.47. The number of hydrogen-bond donors (Lipinski definition) is 3. The molecule has 4 N–H and O–H groups in total. The van der Waals surface area contributed by atoms with Crippen molar-refractivity contribution in [1.29, 1.82) is 0 Å². The fraction of sp³-hybridized carbons (Fsp3) is 0.250. The first kappa shape index (κ1) is 15.3. The number of benzene rings is 1. The molecule has 0 aliphatic carbocycles. The van der Waals surface area contributed by atoms with Gasteiger partial charge in [0.05, 0.1) is 7.11 Å². The van der Waals surface area contributed by atoms with Crippen LogP contribution >= 0.6 is 0 Å². The number of nitrogens with one attached hydrogen (secondary N) is 1. The second kappa shape index (κ2) is 6.41. The lowest BCUT2D eigenvalue weighted by molar-refractivity contribution is -0.118. The van der Waals surface area contributed by atoms with Gasteiger partial charge in [0.25, 0.3) is 0 Å². The molecule has 0 heterocycles. The zero-order valence-corrected chi connectivity index (χ0v) is 11.0. The van der Waals surface area contributed by atoms with Crippen molar-refractivity contribution >= 4 is 23.6 Å². The van der Waals surface area contributed by atoms with Crippen molar-refractivity contribution in [3.8, 4) is 5.75 Å². The van der Waals surface area contributed by atoms with Gasteiger partial charge in [0.15, 0.2) is 0 Å². The van der Waals surface area contributed by atoms with E-state index in [1.54, 1.807) is 0 Å². The summed E-state index contributed by atoms with van der Waals surface area (Å²) in [4.78, 5) is 34.4. The Kier molecular flexibility index (Phi) is 4.90. The Morgan fingerprint density at radius 1 is 1.40 bits per heavy atom. The molecule has 0 aliphatic rings. The van der Waals surface area contributed by atoms with Crippen LogP contribution in [-0.2, 0) is 4.79 Å². The van der Waals surface area contributed by atoms with Gasteiger partial charge in [-0.2, -0.15) is 0 Å². The van der Waals surface area contributed by atoms with Crippen LogP contribution in [0.2, 0.25) is 0 Å². The predicted molar refractivity (Wildman–Crippen MR) is 70.8 cm³/mol. The predicted octanol–water partition coefficient (Wildman–Crippen LogP) is 0.342. The van der Waals surface area contributed by atoms with Gasteiger partial charge in [-0.3, -0.25) is 4.79 Å². The van der Waals surface area contributed by atoms with Gasteiger partial charge in [-0.05, 0) is 12.1 Å². The largest absolute Gasteiger partial charge is 0.496 e. The first-order valence-electron chi connectivity index (χ1n) is 5.57. The first-order chi connectivity index (χ1) is 9.35. The smallest absolute Gasteiger partial charge is 0.339 e. The molecule has 0 aliphatic heterocycles. The van der Waals surface area contributed by atoms with E-state index in [4.69, 9.17) is 15.6 Å². The van der Waals surface area contributed by atoms with E-state index >= 15 is 0 Å². The monoisotopic (exact) mass is 281 g/mol. The highest BCUT2D eigenvalue weighted by Crippen LogP contribution is 2.23. The van der Waals surface area contributed by atoms with Crippen molar-refractivity contribution < 1.29 is 24.2 Å². The number of anilines is 1. The maximum atomic E-state index is 11.7. The summed E-state index contributed by atoms with van der Waals surface area (Å²) in [5.74, 6) is -1.65. The molecule has 0 radical (unpaired) electrons. The Morgan fingerprint density at radius 3 is 2.55 bits per heavy atom. The molecule has 0 saturated carbocycles. The maximum Gasteiger partial charge on any atom is 0.339 e. The van der Waals surface area contributed by atoms with Crippen LogP contribution in [0.1, 0.15) is 10.4 Å². The molecule has 8 heteroatoms. The third-order valence-electron chi connectivity index (χ3n) is 2.42. The van der Waals surface area contributed by atoms with Gasteiger partial charge in [-0.15, -0.1) is 0 Å². The van der Waals surface area contributed by atoms with E-state index in [2.05, 4.69) is 5.32 Å². The summed E-state index contributed by atoms with van der Waals surface area (Å²) in [7, 11) is 2.73. The molecule has 8 nitrogen and oxygen atoms in total. The molecule has 20 heavy (non-hydrogen) atoms. The number of aromatic carboxylic acids is 1. The number of carbonyl (C=O) groups excluding carboxylic acids is 2. The maximum absolute atomic E-state index is 11.7. The average molecular weight is 281 g/mol. The topological polar surface area (TPSA) is 122 Å². The molecular weight excluding hydrogens is 266 g/mol. The highest BCUT2D eigenvalue weighted by molar-refractivity contribution is 5.95. The second-order valence-electron chi connectivity index (χ2n) is 3.97. The molecule has 0 atom stereocenters. The number of primary amides is 1. The van der Waals surface area contributed by atoms with Crippen LogP contribution in [0.4, 0.5) is 10.5 Å². The van der Waals surface area contributed by atoms with Gasteiger partial charge in [0, 0.05) is 18.8 Å². The lowest BCUT2D eigenvalue weighted by Gasteiger charge is -2.16. The Balaban J connectivity index is 2.86. The van der Waals surface area contributed by atoms with Gasteiger partial charge in [0.1, 0.15) is 17.9 Å². The molecule has 0 spiro atoms. The number of methoxy groups -OCH3 is 1. The van der Waals surface area contributed by atoms with Gasteiger partial charge < -0.3 is 25.8 Å². The van der Waals surface area contributed by atoms with Crippen molar-refractivity contribution in [2.75, 3.05) is 26.0 Å². The van der Waals surface area contributed by atoms with Gasteiger partial charge >= 0.3 is 12.0 Å². The van der Waals surface area contributed by atoms with Crippen LogP contribution < -0.4 is 15.8 Å². The molecule has 0 fully saturated rings. The minimum atomic E-state index is -1.13. The van der Waals surface area contributed by atoms with Crippen LogP contribution in [0.3, 0.4) is 0 Å². The lowest BCUT2D eigenvalue weighted by Crippen LogP contribution is -2.38. The Labute approximate surface area is 115 Å². The highest BCUT2D eigenvalue weighted by Gasteiger charge is 2.14. The number of ether oxygens (including phenoxy) is 1. The minimum absolute atomic E-state index is 0.0176. The van der Waals surface area contributed by atoms with E-state index < -0.39 is 17.9 Å². The molecule has 1 aromatic carbocycles. The molecule has 3 amide bonds. The first-order valence-corrected chi connectivity index (χ1v) is 5.57. The fourth-order valence-corrected chi connectivity index (χ4v) is 1.47. The van der Waals surface area contributed by atoms with Crippen molar-refractivity contribution in [3.63, 3.8) is 0 Å². The minimum Gasteiger partial charge on any atom is -0.496 e. The number of carboxylic acids is 1. The third kappa shape index (κ3) is 3.87. The highest BCUT2D eigenvalue weighted by atomic mass is 16.5. The quantitative estimate of drug-likeness (QED) is 0.718. The van der Waals surface area contributed by atoms with Crippen LogP contribution in [-0.4, -0.2) is 48.6 Å². The van der Waals surface area contributed by atoms with Crippen molar-refractivity contribution in [2.45, 2.75) is 0 Å². The number of carboxylic acid groups (broad SMARTS) is 1. The van der Waals surface area contributed by atoms with Crippen LogP contribution in [0, 0.1) is 0 Å². The molecule has 108 valence electrons. The molecule has 0 bridgehead atoms. The number of hydrogen-bond acceptors (Lipinski definition) is 4. The van der Waals surface area contributed by atoms with Crippen LogP contribution in [0.25, 0.3) is 0 Å². The summed E-state index contributed by atoms with van der Waals surface area (Å²) in [6, 6.07) is 3.56. The molecule has 1 aromatic rings. The number of likely N-dealkylation sites (N-methyl/N-ethyl adjacent to an activating group) is 1. The third-order valence-corrected chi connectivity index (χ3v) is 2.42. The number of carbonyl (C=O) groups is 3. The van der Waals surface area contributed by atoms with E-state index in [-0.39, 0.29) is 17.9 Å². The van der Waals surface area contributed by atoms with Crippen LogP contribution in [0.15, 0.2) is 18.2 Å². The SMILES string of the molecule is COc1cc(NC(=O)N(C)CC(N)=O)ccc1C(=O)O. The zero-order chi connectivity index (χ0) is 15.3. The van der Waals surface area contributed by atoms with Gasteiger partial charge in [-0.25, -0.2) is 9.59 Å². The standard InChI is InChI=1S/C12H15N3O5/c1-15(6-10(13)16)12(19)14-7-3-4-8(11(17)18)9(5-7)20-2/h3-5H,6H2,1-2H3,(H2,13,16)(H,14,19)(H,17,18). The van der Waals surface area contributed by atoms with Crippen molar-refractivity contribution in [2.24, 2.45) is 5.73 Å². The Hall–Kier alpha value is -2.77. The van der Waals surface area contributed by atoms with E-state index in [0.29, 0.717) is 5.69 Å². The van der Waals surface area contributed by atoms with Crippen molar-refractivity contribution in [3.05, 3.63) is 23.8 Å². The zero-order valence-electron chi connectivity index (χ0n) is 11.0. The Bertz CT molecular complexity index is 544. The summed E-state index contributed by atoms with van der Waals surface area (Å²) in [5.41, 5.74) is 5.30. The van der Waals surface area contributed by atoms with E-state index in [0.717, 1.165) is 4.90 Å². The number of rotatable bonds is 5. The summed E-state index contributed by atoms with van der Waals surface area (Å²) in [5, 5.41) is 11.4. The number of urea groups is 1. The summed E-state index contributed by atoms with van der Waals surface area (Å²) in [6.07, 6.45) is 0. The second-order valence-corrected chi connectivity index (χ2v) is 3.97. The summed E-state index contributed by atoms with van der Waals surface area (Å²) < 4.78 is 4.93. The molecule has 1 rings (SSSR count). The number of nitrogens with two attached hydrogens (primary N) is 1. The molecule has 0 saturated heterocycles. The lowest BCUT2D eigenvalue weighted by atomic mass is 10.2. The summed E-state index contributed by atoms with van der Waals surface area (Å²) in [6.45, 7) is -0.226.